The lowest BCUT2D eigenvalue weighted by Gasteiger charge is -2.23. The van der Waals surface area contributed by atoms with Crippen molar-refractivity contribution in [1.82, 2.24) is 5.32 Å². The number of carboxylic acid groups (broad SMARTS) is 1. The largest absolute Gasteiger partial charge is 0.480 e. The highest BCUT2D eigenvalue weighted by atomic mass is 16.5. The van der Waals surface area contributed by atoms with Crippen molar-refractivity contribution in [2.45, 2.75) is 51.5 Å². The van der Waals surface area contributed by atoms with Gasteiger partial charge in [-0.25, -0.2) is 4.79 Å². The van der Waals surface area contributed by atoms with E-state index >= 15 is 0 Å². The van der Waals surface area contributed by atoms with Crippen LogP contribution in [-0.4, -0.2) is 36.2 Å². The predicted molar refractivity (Wildman–Crippen MR) is 67.3 cm³/mol. The fourth-order valence-electron chi connectivity index (χ4n) is 2.46. The number of aliphatic carboxylic acids is 1. The normalized spacial score (nSPS) is 18.9. The van der Waals surface area contributed by atoms with Crippen molar-refractivity contribution < 1.29 is 19.4 Å². The first-order valence-electron chi connectivity index (χ1n) is 6.68. The van der Waals surface area contributed by atoms with Gasteiger partial charge in [0.1, 0.15) is 13.2 Å². The lowest BCUT2D eigenvalue weighted by molar-refractivity contribution is -0.143. The minimum absolute atomic E-state index is 0.143. The van der Waals surface area contributed by atoms with E-state index < -0.39 is 12.6 Å². The van der Waals surface area contributed by atoms with E-state index in [0.29, 0.717) is 5.92 Å². The van der Waals surface area contributed by atoms with Crippen LogP contribution in [0.4, 0.5) is 0 Å². The van der Waals surface area contributed by atoms with Crippen LogP contribution < -0.4 is 5.32 Å². The molecule has 1 fully saturated rings. The summed E-state index contributed by atoms with van der Waals surface area (Å²) in [5.41, 5.74) is 0. The average Bonchev–Trinajstić information content (AvgIpc) is 2.56. The number of carbonyl (C=O) groups excluding carboxylic acids is 1. The van der Waals surface area contributed by atoms with E-state index in [9.17, 15) is 9.59 Å². The van der Waals surface area contributed by atoms with Gasteiger partial charge in [-0.2, -0.15) is 0 Å². The maximum Gasteiger partial charge on any atom is 0.329 e. The molecule has 0 aromatic heterocycles. The van der Waals surface area contributed by atoms with Crippen molar-refractivity contribution in [1.29, 1.82) is 0 Å². The smallest absolute Gasteiger partial charge is 0.329 e. The molecule has 1 aliphatic rings. The summed E-state index contributed by atoms with van der Waals surface area (Å²) in [7, 11) is 0. The first kappa shape index (κ1) is 15.0. The van der Waals surface area contributed by atoms with Crippen molar-refractivity contribution >= 4 is 11.9 Å². The molecule has 5 nitrogen and oxygen atoms in total. The van der Waals surface area contributed by atoms with Crippen LogP contribution in [0.2, 0.25) is 0 Å². The molecule has 5 heteroatoms. The Labute approximate surface area is 108 Å². The van der Waals surface area contributed by atoms with Gasteiger partial charge in [-0.1, -0.05) is 25.7 Å². The fraction of sp³-hybridized carbons (Fsp3) is 0.846. The molecule has 1 aliphatic carbocycles. The molecule has 104 valence electrons. The second kappa shape index (κ2) is 8.08. The average molecular weight is 257 g/mol. The van der Waals surface area contributed by atoms with Crippen molar-refractivity contribution in [2.24, 2.45) is 5.92 Å². The van der Waals surface area contributed by atoms with Gasteiger partial charge in [-0.3, -0.25) is 4.79 Å². The SMILES string of the molecule is C[C@@H](NC(=O)COCC(=O)O)C1CCCCCC1. The van der Waals surface area contributed by atoms with Gasteiger partial charge in [0, 0.05) is 6.04 Å². The lowest BCUT2D eigenvalue weighted by Crippen LogP contribution is -2.40. The van der Waals surface area contributed by atoms with Crippen LogP contribution in [0.5, 0.6) is 0 Å². The number of nitrogens with one attached hydrogen (secondary N) is 1. The van der Waals surface area contributed by atoms with E-state index in [4.69, 9.17) is 9.84 Å². The third kappa shape index (κ3) is 6.00. The number of hydrogen-bond acceptors (Lipinski definition) is 3. The van der Waals surface area contributed by atoms with E-state index in [1.165, 1.54) is 25.7 Å². The van der Waals surface area contributed by atoms with Gasteiger partial charge in [0.2, 0.25) is 5.91 Å². The second-order valence-electron chi connectivity index (χ2n) is 4.99. The molecule has 0 bridgehead atoms. The Morgan fingerprint density at radius 3 is 2.39 bits per heavy atom. The van der Waals surface area contributed by atoms with Gasteiger partial charge >= 0.3 is 5.97 Å². The molecule has 2 N–H and O–H groups in total. The first-order chi connectivity index (χ1) is 8.59. The van der Waals surface area contributed by atoms with Crippen LogP contribution in [0.25, 0.3) is 0 Å². The summed E-state index contributed by atoms with van der Waals surface area (Å²) >= 11 is 0. The molecule has 18 heavy (non-hydrogen) atoms. The van der Waals surface area contributed by atoms with Gasteiger partial charge in [-0.05, 0) is 25.7 Å². The van der Waals surface area contributed by atoms with Crippen LogP contribution in [0.1, 0.15) is 45.4 Å². The molecule has 0 radical (unpaired) electrons. The van der Waals surface area contributed by atoms with Gasteiger partial charge in [0.05, 0.1) is 0 Å². The molecule has 0 heterocycles. The Bertz CT molecular complexity index is 272. The second-order valence-corrected chi connectivity index (χ2v) is 4.99. The number of hydrogen-bond donors (Lipinski definition) is 2. The summed E-state index contributed by atoms with van der Waals surface area (Å²) in [6.45, 7) is 1.42. The van der Waals surface area contributed by atoms with E-state index in [-0.39, 0.29) is 18.6 Å². The summed E-state index contributed by atoms with van der Waals surface area (Å²) in [5, 5.41) is 11.3. The molecule has 1 amide bonds. The molecule has 0 unspecified atom stereocenters. The monoisotopic (exact) mass is 257 g/mol. The van der Waals surface area contributed by atoms with Gasteiger partial charge in [-0.15, -0.1) is 0 Å². The fourth-order valence-corrected chi connectivity index (χ4v) is 2.46. The van der Waals surface area contributed by atoms with Gasteiger partial charge < -0.3 is 15.2 Å². The summed E-state index contributed by atoms with van der Waals surface area (Å²) in [4.78, 5) is 21.8. The molecule has 0 aromatic rings. The highest BCUT2D eigenvalue weighted by molar-refractivity contribution is 5.78. The van der Waals surface area contributed by atoms with Crippen LogP contribution in [0.3, 0.4) is 0 Å². The third-order valence-corrected chi connectivity index (χ3v) is 3.45. The Morgan fingerprint density at radius 2 is 1.83 bits per heavy atom. The lowest BCUT2D eigenvalue weighted by atomic mass is 9.93. The standard InChI is InChI=1S/C13H23NO4/c1-10(11-6-4-2-3-5-7-11)14-12(15)8-18-9-13(16)17/h10-11H,2-9H2,1H3,(H,14,15)(H,16,17)/t10-/m1/s1. The zero-order valence-corrected chi connectivity index (χ0v) is 11.0. The van der Waals surface area contributed by atoms with Crippen molar-refractivity contribution in [2.75, 3.05) is 13.2 Å². The van der Waals surface area contributed by atoms with E-state index in [1.54, 1.807) is 0 Å². The van der Waals surface area contributed by atoms with Crippen molar-refractivity contribution in [3.8, 4) is 0 Å². The summed E-state index contributed by atoms with van der Waals surface area (Å²) in [6.07, 6.45) is 7.38. The predicted octanol–water partition coefficient (Wildman–Crippen LogP) is 1.56. The third-order valence-electron chi connectivity index (χ3n) is 3.45. The summed E-state index contributed by atoms with van der Waals surface area (Å²) in [6, 6.07) is 0.143. The minimum Gasteiger partial charge on any atom is -0.480 e. The molecular weight excluding hydrogens is 234 g/mol. The number of carboxylic acids is 1. The molecule has 1 atom stereocenters. The molecule has 0 spiro atoms. The van der Waals surface area contributed by atoms with Crippen molar-refractivity contribution in [3.63, 3.8) is 0 Å². The number of ether oxygens (including phenoxy) is 1. The molecule has 0 aliphatic heterocycles. The Morgan fingerprint density at radius 1 is 1.22 bits per heavy atom. The number of rotatable bonds is 6. The molecular formula is C13H23NO4. The first-order valence-corrected chi connectivity index (χ1v) is 6.68. The van der Waals surface area contributed by atoms with Crippen LogP contribution in [0, 0.1) is 5.92 Å². The number of carbonyl (C=O) groups is 2. The molecule has 1 saturated carbocycles. The maximum atomic E-state index is 11.5. The molecule has 0 aromatic carbocycles. The topological polar surface area (TPSA) is 75.6 Å². The van der Waals surface area contributed by atoms with E-state index in [0.717, 1.165) is 12.8 Å². The summed E-state index contributed by atoms with van der Waals surface area (Å²) < 4.78 is 4.76. The molecule has 0 saturated heterocycles. The van der Waals surface area contributed by atoms with Gasteiger partial charge in [0.25, 0.3) is 0 Å². The minimum atomic E-state index is -1.06. The van der Waals surface area contributed by atoms with Crippen LogP contribution in [-0.2, 0) is 14.3 Å². The summed E-state index contributed by atoms with van der Waals surface area (Å²) in [5.74, 6) is -0.747. The Balaban J connectivity index is 2.22. The van der Waals surface area contributed by atoms with Crippen LogP contribution in [0.15, 0.2) is 0 Å². The Kier molecular flexibility index (Phi) is 6.72. The highest BCUT2D eigenvalue weighted by Crippen LogP contribution is 2.25. The zero-order chi connectivity index (χ0) is 13.4. The van der Waals surface area contributed by atoms with Crippen molar-refractivity contribution in [3.05, 3.63) is 0 Å². The van der Waals surface area contributed by atoms with E-state index in [1.807, 2.05) is 6.92 Å². The van der Waals surface area contributed by atoms with Gasteiger partial charge in [0.15, 0.2) is 0 Å². The van der Waals surface area contributed by atoms with Crippen LogP contribution >= 0.6 is 0 Å². The number of amides is 1. The maximum absolute atomic E-state index is 11.5. The Hall–Kier alpha value is -1.10. The zero-order valence-electron chi connectivity index (χ0n) is 11.0. The highest BCUT2D eigenvalue weighted by Gasteiger charge is 2.20. The quantitative estimate of drug-likeness (QED) is 0.708. The molecule has 1 rings (SSSR count). The van der Waals surface area contributed by atoms with E-state index in [2.05, 4.69) is 5.32 Å².